The van der Waals surface area contributed by atoms with Crippen molar-refractivity contribution in [3.63, 3.8) is 0 Å². The Morgan fingerprint density at radius 3 is 2.89 bits per heavy atom. The summed E-state index contributed by atoms with van der Waals surface area (Å²) in [5.74, 6) is 0. The van der Waals surface area contributed by atoms with Crippen molar-refractivity contribution in [3.8, 4) is 0 Å². The third kappa shape index (κ3) is 5.22. The fourth-order valence-electron chi connectivity index (χ4n) is 2.78. The molecule has 1 saturated heterocycles. The Kier molecular flexibility index (Phi) is 6.41. The maximum atomic E-state index is 5.88. The van der Waals surface area contributed by atoms with Crippen LogP contribution in [0.5, 0.6) is 0 Å². The molecule has 18 heavy (non-hydrogen) atoms. The highest BCUT2D eigenvalue weighted by molar-refractivity contribution is 4.71. The normalized spacial score (nSPS) is 27.5. The van der Waals surface area contributed by atoms with Crippen LogP contribution < -0.4 is 5.32 Å². The lowest BCUT2D eigenvalue weighted by molar-refractivity contribution is -0.0201. The number of nitrogens with zero attached hydrogens (tertiary/aromatic N) is 1. The monoisotopic (exact) mass is 256 g/mol. The molecule has 0 aromatic heterocycles. The van der Waals surface area contributed by atoms with E-state index in [4.69, 9.17) is 9.47 Å². The van der Waals surface area contributed by atoms with Gasteiger partial charge in [0.2, 0.25) is 0 Å². The summed E-state index contributed by atoms with van der Waals surface area (Å²) in [6.45, 7) is 5.69. The van der Waals surface area contributed by atoms with Crippen LogP contribution in [0.2, 0.25) is 0 Å². The number of hydrogen-bond acceptors (Lipinski definition) is 4. The zero-order chi connectivity index (χ0) is 12.6. The summed E-state index contributed by atoms with van der Waals surface area (Å²) in [6.07, 6.45) is 7.48. The minimum Gasteiger partial charge on any atom is -0.377 e. The van der Waals surface area contributed by atoms with Crippen molar-refractivity contribution in [3.05, 3.63) is 0 Å². The molecule has 4 heteroatoms. The van der Waals surface area contributed by atoms with Gasteiger partial charge in [-0.2, -0.15) is 0 Å². The Bertz CT molecular complexity index is 220. The van der Waals surface area contributed by atoms with Crippen LogP contribution in [0.15, 0.2) is 0 Å². The van der Waals surface area contributed by atoms with Gasteiger partial charge in [0.15, 0.2) is 0 Å². The topological polar surface area (TPSA) is 33.7 Å². The van der Waals surface area contributed by atoms with E-state index in [-0.39, 0.29) is 0 Å². The predicted octanol–water partition coefficient (Wildman–Crippen LogP) is 1.26. The molecule has 0 bridgehead atoms. The molecule has 1 aliphatic carbocycles. The molecule has 0 aromatic rings. The van der Waals surface area contributed by atoms with Crippen molar-refractivity contribution in [2.45, 2.75) is 44.3 Å². The van der Waals surface area contributed by atoms with Gasteiger partial charge in [-0.05, 0) is 19.9 Å². The van der Waals surface area contributed by atoms with Crippen molar-refractivity contribution < 1.29 is 9.47 Å². The molecule has 0 amide bonds. The Hall–Kier alpha value is -0.160. The van der Waals surface area contributed by atoms with Gasteiger partial charge in [0.05, 0.1) is 25.4 Å². The highest BCUT2D eigenvalue weighted by atomic mass is 16.5. The first kappa shape index (κ1) is 14.3. The first-order valence-corrected chi connectivity index (χ1v) is 7.47. The van der Waals surface area contributed by atoms with Crippen LogP contribution in [-0.4, -0.2) is 63.5 Å². The lowest BCUT2D eigenvalue weighted by atomic mass is 9.98. The molecule has 2 fully saturated rings. The summed E-state index contributed by atoms with van der Waals surface area (Å²) in [5.41, 5.74) is 0. The van der Waals surface area contributed by atoms with Crippen molar-refractivity contribution in [2.75, 3.05) is 46.4 Å². The second-order valence-corrected chi connectivity index (χ2v) is 5.59. The van der Waals surface area contributed by atoms with Crippen LogP contribution in [0.4, 0.5) is 0 Å². The molecular formula is C14H28N2O2. The molecular weight excluding hydrogens is 228 g/mol. The largest absolute Gasteiger partial charge is 0.377 e. The van der Waals surface area contributed by atoms with Crippen LogP contribution >= 0.6 is 0 Å². The standard InChI is InChI=1S/C14H28N2O2/c1-16-8-10-18-14(12-16)11-15-7-9-17-13-5-3-2-4-6-13/h13-15H,2-12H2,1H3. The molecule has 106 valence electrons. The van der Waals surface area contributed by atoms with Gasteiger partial charge < -0.3 is 19.7 Å². The zero-order valence-corrected chi connectivity index (χ0v) is 11.7. The summed E-state index contributed by atoms with van der Waals surface area (Å²) < 4.78 is 11.6. The van der Waals surface area contributed by atoms with E-state index in [0.717, 1.165) is 39.4 Å². The molecule has 0 aromatic carbocycles. The van der Waals surface area contributed by atoms with E-state index in [9.17, 15) is 0 Å². The Balaban J connectivity index is 1.45. The van der Waals surface area contributed by atoms with E-state index in [1.807, 2.05) is 0 Å². The van der Waals surface area contributed by atoms with E-state index >= 15 is 0 Å². The highest BCUT2D eigenvalue weighted by Gasteiger charge is 2.17. The van der Waals surface area contributed by atoms with Crippen LogP contribution in [0.3, 0.4) is 0 Å². The van der Waals surface area contributed by atoms with Crippen molar-refractivity contribution in [1.29, 1.82) is 0 Å². The summed E-state index contributed by atoms with van der Waals surface area (Å²) in [5, 5.41) is 3.44. The van der Waals surface area contributed by atoms with Gasteiger partial charge in [0.25, 0.3) is 0 Å². The first-order valence-electron chi connectivity index (χ1n) is 7.47. The Morgan fingerprint density at radius 2 is 2.11 bits per heavy atom. The molecule has 0 radical (unpaired) electrons. The molecule has 1 saturated carbocycles. The van der Waals surface area contributed by atoms with E-state index in [0.29, 0.717) is 12.2 Å². The third-order valence-corrected chi connectivity index (χ3v) is 3.90. The van der Waals surface area contributed by atoms with Crippen LogP contribution in [0.1, 0.15) is 32.1 Å². The predicted molar refractivity (Wildman–Crippen MR) is 72.9 cm³/mol. The van der Waals surface area contributed by atoms with Gasteiger partial charge in [-0.3, -0.25) is 0 Å². The fourth-order valence-corrected chi connectivity index (χ4v) is 2.78. The number of hydrogen-bond donors (Lipinski definition) is 1. The third-order valence-electron chi connectivity index (χ3n) is 3.90. The summed E-state index contributed by atoms with van der Waals surface area (Å²) >= 11 is 0. The van der Waals surface area contributed by atoms with Gasteiger partial charge in [-0.15, -0.1) is 0 Å². The highest BCUT2D eigenvalue weighted by Crippen LogP contribution is 2.19. The second kappa shape index (κ2) is 8.10. The molecule has 2 aliphatic rings. The lowest BCUT2D eigenvalue weighted by Gasteiger charge is -2.30. The summed E-state index contributed by atoms with van der Waals surface area (Å²) in [7, 11) is 2.15. The van der Waals surface area contributed by atoms with Crippen LogP contribution in [-0.2, 0) is 9.47 Å². The van der Waals surface area contributed by atoms with Gasteiger partial charge in [0.1, 0.15) is 0 Å². The van der Waals surface area contributed by atoms with Crippen LogP contribution in [0.25, 0.3) is 0 Å². The van der Waals surface area contributed by atoms with Crippen molar-refractivity contribution in [2.24, 2.45) is 0 Å². The number of likely N-dealkylation sites (N-methyl/N-ethyl adjacent to an activating group) is 1. The van der Waals surface area contributed by atoms with E-state index in [1.54, 1.807) is 0 Å². The average molecular weight is 256 g/mol. The maximum absolute atomic E-state index is 5.88. The van der Waals surface area contributed by atoms with Crippen LogP contribution in [0, 0.1) is 0 Å². The number of rotatable bonds is 6. The molecule has 1 N–H and O–H groups in total. The zero-order valence-electron chi connectivity index (χ0n) is 11.7. The maximum Gasteiger partial charge on any atom is 0.0826 e. The van der Waals surface area contributed by atoms with Gasteiger partial charge in [-0.1, -0.05) is 19.3 Å². The fraction of sp³-hybridized carbons (Fsp3) is 1.00. The summed E-state index contributed by atoms with van der Waals surface area (Å²) in [6, 6.07) is 0. The van der Waals surface area contributed by atoms with Gasteiger partial charge in [0, 0.05) is 26.2 Å². The SMILES string of the molecule is CN1CCOC(CNCCOC2CCCCC2)C1. The molecule has 1 aliphatic heterocycles. The van der Waals surface area contributed by atoms with Crippen molar-refractivity contribution in [1.82, 2.24) is 10.2 Å². The Morgan fingerprint density at radius 1 is 1.28 bits per heavy atom. The van der Waals surface area contributed by atoms with Gasteiger partial charge in [-0.25, -0.2) is 0 Å². The quantitative estimate of drug-likeness (QED) is 0.725. The lowest BCUT2D eigenvalue weighted by Crippen LogP contribution is -2.45. The number of nitrogens with one attached hydrogen (secondary N) is 1. The Labute approximate surface area is 111 Å². The first-order chi connectivity index (χ1) is 8.84. The minimum atomic E-state index is 0.346. The van der Waals surface area contributed by atoms with Crippen molar-refractivity contribution >= 4 is 0 Å². The van der Waals surface area contributed by atoms with E-state index < -0.39 is 0 Å². The van der Waals surface area contributed by atoms with E-state index in [2.05, 4.69) is 17.3 Å². The summed E-state index contributed by atoms with van der Waals surface area (Å²) in [4.78, 5) is 2.33. The number of ether oxygens (including phenoxy) is 2. The molecule has 0 spiro atoms. The molecule has 2 rings (SSSR count). The molecule has 1 unspecified atom stereocenters. The molecule has 1 atom stereocenters. The smallest absolute Gasteiger partial charge is 0.0826 e. The molecule has 1 heterocycles. The number of morpholine rings is 1. The molecule has 4 nitrogen and oxygen atoms in total. The second-order valence-electron chi connectivity index (χ2n) is 5.59. The average Bonchev–Trinajstić information content (AvgIpc) is 2.40. The minimum absolute atomic E-state index is 0.346. The van der Waals surface area contributed by atoms with E-state index in [1.165, 1.54) is 32.1 Å². The van der Waals surface area contributed by atoms with Gasteiger partial charge >= 0.3 is 0 Å².